The van der Waals surface area contributed by atoms with Crippen molar-refractivity contribution in [1.82, 2.24) is 9.78 Å². The van der Waals surface area contributed by atoms with Crippen molar-refractivity contribution < 1.29 is 4.79 Å². The minimum Gasteiger partial charge on any atom is -0.397 e. The van der Waals surface area contributed by atoms with E-state index in [2.05, 4.69) is 10.4 Å². The largest absolute Gasteiger partial charge is 0.397 e. The van der Waals surface area contributed by atoms with Crippen LogP contribution in [0.1, 0.15) is 16.6 Å². The molecule has 0 saturated heterocycles. The summed E-state index contributed by atoms with van der Waals surface area (Å²) in [4.78, 5) is 12.8. The molecule has 21 heavy (non-hydrogen) atoms. The average molecular weight is 321 g/mol. The van der Waals surface area contributed by atoms with E-state index in [1.54, 1.807) is 29.2 Å². The zero-order valence-electron chi connectivity index (χ0n) is 11.3. The number of thiophene rings is 1. The Hall–Kier alpha value is -2.05. The van der Waals surface area contributed by atoms with Gasteiger partial charge in [0.2, 0.25) is 0 Å². The van der Waals surface area contributed by atoms with Crippen LogP contribution in [0.2, 0.25) is 5.02 Å². The van der Waals surface area contributed by atoms with Crippen LogP contribution in [-0.4, -0.2) is 15.7 Å². The molecule has 0 aliphatic heterocycles. The normalized spacial score (nSPS) is 11.0. The van der Waals surface area contributed by atoms with Crippen LogP contribution >= 0.6 is 22.9 Å². The Bertz CT molecular complexity index is 824. The zero-order chi connectivity index (χ0) is 15.0. The van der Waals surface area contributed by atoms with Crippen LogP contribution in [0.4, 0.5) is 11.4 Å². The van der Waals surface area contributed by atoms with Gasteiger partial charge >= 0.3 is 0 Å². The first-order valence-electron chi connectivity index (χ1n) is 6.40. The first-order valence-corrected chi connectivity index (χ1v) is 7.59. The van der Waals surface area contributed by atoms with E-state index < -0.39 is 0 Å². The van der Waals surface area contributed by atoms with E-state index in [9.17, 15) is 4.79 Å². The van der Waals surface area contributed by atoms with Gasteiger partial charge in [0.25, 0.3) is 5.91 Å². The topological polar surface area (TPSA) is 72.9 Å². The maximum Gasteiger partial charge on any atom is 0.267 e. The molecule has 0 aliphatic rings. The predicted molar refractivity (Wildman–Crippen MR) is 87.1 cm³/mol. The summed E-state index contributed by atoms with van der Waals surface area (Å²) in [5.41, 5.74) is 7.17. The second-order valence-electron chi connectivity index (χ2n) is 4.52. The average Bonchev–Trinajstić information content (AvgIpc) is 3.04. The highest BCUT2D eigenvalue weighted by Crippen LogP contribution is 2.35. The monoisotopic (exact) mass is 320 g/mol. The van der Waals surface area contributed by atoms with Gasteiger partial charge in [0.05, 0.1) is 17.6 Å². The molecule has 2 aromatic heterocycles. The number of amides is 1. The lowest BCUT2D eigenvalue weighted by Crippen LogP contribution is -2.11. The molecule has 0 bridgehead atoms. The molecule has 3 aromatic rings. The number of nitrogens with zero attached hydrogens (tertiary/aromatic N) is 2. The van der Waals surface area contributed by atoms with E-state index in [1.165, 1.54) is 11.3 Å². The molecule has 0 spiro atoms. The fourth-order valence-corrected chi connectivity index (χ4v) is 3.22. The van der Waals surface area contributed by atoms with Gasteiger partial charge in [0, 0.05) is 27.9 Å². The number of halogens is 1. The highest BCUT2D eigenvalue weighted by molar-refractivity contribution is 7.21. The van der Waals surface area contributed by atoms with Gasteiger partial charge in [-0.05, 0) is 25.1 Å². The molecule has 0 fully saturated rings. The van der Waals surface area contributed by atoms with Crippen LogP contribution in [0, 0.1) is 0 Å². The quantitative estimate of drug-likeness (QED) is 0.774. The number of nitrogen functional groups attached to an aromatic ring is 1. The van der Waals surface area contributed by atoms with E-state index in [0.29, 0.717) is 21.3 Å². The summed E-state index contributed by atoms with van der Waals surface area (Å²) in [6.07, 6.45) is 3.39. The van der Waals surface area contributed by atoms with Crippen LogP contribution in [0.25, 0.3) is 10.1 Å². The van der Waals surface area contributed by atoms with Crippen molar-refractivity contribution in [2.45, 2.75) is 13.5 Å². The van der Waals surface area contributed by atoms with Gasteiger partial charge < -0.3 is 11.1 Å². The lowest BCUT2D eigenvalue weighted by Gasteiger charge is -2.01. The number of aromatic nitrogens is 2. The van der Waals surface area contributed by atoms with Crippen LogP contribution in [0.15, 0.2) is 30.6 Å². The molecule has 5 nitrogen and oxygen atoms in total. The van der Waals surface area contributed by atoms with Crippen LogP contribution in [0.3, 0.4) is 0 Å². The summed E-state index contributed by atoms with van der Waals surface area (Å²) in [6, 6.07) is 5.42. The Morgan fingerprint density at radius 1 is 1.52 bits per heavy atom. The maximum absolute atomic E-state index is 12.3. The third-order valence-corrected chi connectivity index (χ3v) is 4.53. The molecule has 0 unspecified atom stereocenters. The van der Waals surface area contributed by atoms with Crippen molar-refractivity contribution in [3.63, 3.8) is 0 Å². The Kier molecular flexibility index (Phi) is 3.57. The summed E-state index contributed by atoms with van der Waals surface area (Å²) in [5.74, 6) is -0.236. The first kappa shape index (κ1) is 13.9. The molecule has 0 aliphatic carbocycles. The summed E-state index contributed by atoms with van der Waals surface area (Å²) in [6.45, 7) is 2.73. The zero-order valence-corrected chi connectivity index (χ0v) is 12.8. The predicted octanol–water partition coefficient (Wildman–Crippen LogP) is 3.61. The summed E-state index contributed by atoms with van der Waals surface area (Å²) >= 11 is 7.32. The first-order chi connectivity index (χ1) is 10.1. The third kappa shape index (κ3) is 2.59. The number of hydrogen-bond acceptors (Lipinski definition) is 4. The number of benzene rings is 1. The highest BCUT2D eigenvalue weighted by atomic mass is 35.5. The second kappa shape index (κ2) is 5.38. The van der Waals surface area contributed by atoms with E-state index in [-0.39, 0.29) is 5.91 Å². The Balaban J connectivity index is 1.92. The van der Waals surface area contributed by atoms with E-state index in [1.807, 2.05) is 13.0 Å². The SMILES string of the molecule is CCn1cc(NC(=O)c2sc3ccc(Cl)cc3c2N)cn1. The van der Waals surface area contributed by atoms with Gasteiger partial charge in [-0.3, -0.25) is 9.48 Å². The number of anilines is 2. The Labute approximate surface area is 130 Å². The molecule has 0 saturated carbocycles. The molecule has 108 valence electrons. The lowest BCUT2D eigenvalue weighted by molar-refractivity contribution is 0.103. The fraction of sp³-hybridized carbons (Fsp3) is 0.143. The summed E-state index contributed by atoms with van der Waals surface area (Å²) in [7, 11) is 0. The maximum atomic E-state index is 12.3. The van der Waals surface area contributed by atoms with Crippen LogP contribution in [0.5, 0.6) is 0 Å². The van der Waals surface area contributed by atoms with Gasteiger partial charge in [-0.25, -0.2) is 0 Å². The molecule has 0 radical (unpaired) electrons. The Morgan fingerprint density at radius 3 is 3.05 bits per heavy atom. The minimum absolute atomic E-state index is 0.236. The number of hydrogen-bond donors (Lipinski definition) is 2. The molecule has 3 N–H and O–H groups in total. The Morgan fingerprint density at radius 2 is 2.33 bits per heavy atom. The number of carbonyl (C=O) groups excluding carboxylic acids is 1. The summed E-state index contributed by atoms with van der Waals surface area (Å²) < 4.78 is 2.68. The van der Waals surface area contributed by atoms with Gasteiger partial charge in [0.15, 0.2) is 0 Å². The number of nitrogens with two attached hydrogens (primary N) is 1. The van der Waals surface area contributed by atoms with Crippen LogP contribution < -0.4 is 11.1 Å². The molecule has 2 heterocycles. The van der Waals surface area contributed by atoms with Gasteiger partial charge in [-0.1, -0.05) is 11.6 Å². The van der Waals surface area contributed by atoms with Crippen molar-refractivity contribution >= 4 is 50.3 Å². The number of aryl methyl sites for hydroxylation is 1. The molecule has 7 heteroatoms. The number of nitrogens with one attached hydrogen (secondary N) is 1. The molecular formula is C14H13ClN4OS. The number of carbonyl (C=O) groups is 1. The van der Waals surface area contributed by atoms with Crippen molar-refractivity contribution in [1.29, 1.82) is 0 Å². The van der Waals surface area contributed by atoms with Gasteiger partial charge in [-0.15, -0.1) is 11.3 Å². The molecule has 1 aromatic carbocycles. The van der Waals surface area contributed by atoms with E-state index in [0.717, 1.165) is 16.6 Å². The summed E-state index contributed by atoms with van der Waals surface area (Å²) in [5, 5.41) is 8.33. The smallest absolute Gasteiger partial charge is 0.267 e. The highest BCUT2D eigenvalue weighted by Gasteiger charge is 2.17. The number of fused-ring (bicyclic) bond motifs is 1. The molecule has 3 rings (SSSR count). The van der Waals surface area contributed by atoms with Crippen molar-refractivity contribution in [2.24, 2.45) is 0 Å². The lowest BCUT2D eigenvalue weighted by atomic mass is 10.2. The molecular weight excluding hydrogens is 308 g/mol. The third-order valence-electron chi connectivity index (χ3n) is 3.11. The van der Waals surface area contributed by atoms with Crippen molar-refractivity contribution in [3.8, 4) is 0 Å². The van der Waals surface area contributed by atoms with Crippen molar-refractivity contribution in [3.05, 3.63) is 40.5 Å². The van der Waals surface area contributed by atoms with Gasteiger partial charge in [-0.2, -0.15) is 5.10 Å². The van der Waals surface area contributed by atoms with Crippen molar-refractivity contribution in [2.75, 3.05) is 11.1 Å². The molecule has 1 amide bonds. The second-order valence-corrected chi connectivity index (χ2v) is 6.01. The molecule has 0 atom stereocenters. The standard InChI is InChI=1S/C14H13ClN4OS/c1-2-19-7-9(6-17-19)18-14(20)13-12(16)10-5-8(15)3-4-11(10)21-13/h3-7H,2,16H2,1H3,(H,18,20). The van der Waals surface area contributed by atoms with E-state index in [4.69, 9.17) is 17.3 Å². The van der Waals surface area contributed by atoms with E-state index >= 15 is 0 Å². The van der Waals surface area contributed by atoms with Crippen LogP contribution in [-0.2, 0) is 6.54 Å². The van der Waals surface area contributed by atoms with Gasteiger partial charge in [0.1, 0.15) is 4.88 Å². The minimum atomic E-state index is -0.236. The number of rotatable bonds is 3. The fourth-order valence-electron chi connectivity index (χ4n) is 2.05.